The van der Waals surface area contributed by atoms with Crippen LogP contribution in [0.1, 0.15) is 19.4 Å². The Morgan fingerprint density at radius 1 is 1.14 bits per heavy atom. The van der Waals surface area contributed by atoms with Crippen molar-refractivity contribution in [2.75, 3.05) is 5.32 Å². The summed E-state index contributed by atoms with van der Waals surface area (Å²) in [5, 5.41) is 12.8. The lowest BCUT2D eigenvalue weighted by Crippen LogP contribution is -2.22. The van der Waals surface area contributed by atoms with E-state index in [4.69, 9.17) is 4.98 Å². The number of carbonyl (C=O) groups is 1. The third-order valence-electron chi connectivity index (χ3n) is 4.64. The maximum Gasteiger partial charge on any atom is 0.237 e. The highest BCUT2D eigenvalue weighted by Crippen LogP contribution is 2.28. The van der Waals surface area contributed by atoms with Crippen LogP contribution in [0.25, 0.3) is 22.1 Å². The standard InChI is InChI=1S/C21H21N5OS/c1-4-26-17-8-6-5-7-16(17)18-19(26)23-21(25-24-18)28-14(3)20(27)22-15-11-9-13(2)10-12-15/h5-12,14H,4H2,1-3H3,(H,22,27)/t14-/m0/s1. The van der Waals surface area contributed by atoms with Crippen LogP contribution in [0, 0.1) is 6.92 Å². The highest BCUT2D eigenvalue weighted by Gasteiger charge is 2.19. The molecule has 0 radical (unpaired) electrons. The molecule has 2 aromatic heterocycles. The molecular formula is C21H21N5OS. The van der Waals surface area contributed by atoms with Crippen LogP contribution in [-0.2, 0) is 11.3 Å². The van der Waals surface area contributed by atoms with Crippen LogP contribution in [0.2, 0.25) is 0 Å². The Hall–Kier alpha value is -2.93. The Bertz CT molecular complexity index is 1150. The van der Waals surface area contributed by atoms with Gasteiger partial charge in [-0.15, -0.1) is 10.2 Å². The van der Waals surface area contributed by atoms with E-state index in [1.54, 1.807) is 0 Å². The summed E-state index contributed by atoms with van der Waals surface area (Å²) in [5.41, 5.74) is 4.61. The largest absolute Gasteiger partial charge is 0.325 e. The number of thioether (sulfide) groups is 1. The molecule has 0 bridgehead atoms. The maximum absolute atomic E-state index is 12.5. The number of anilines is 1. The molecule has 0 fully saturated rings. The third kappa shape index (κ3) is 3.45. The van der Waals surface area contributed by atoms with Crippen molar-refractivity contribution in [3.63, 3.8) is 0 Å². The van der Waals surface area contributed by atoms with Gasteiger partial charge in [0.25, 0.3) is 0 Å². The van der Waals surface area contributed by atoms with Crippen LogP contribution < -0.4 is 5.32 Å². The van der Waals surface area contributed by atoms with Gasteiger partial charge in [0.2, 0.25) is 11.1 Å². The van der Waals surface area contributed by atoms with E-state index in [0.29, 0.717) is 5.16 Å². The first-order valence-corrected chi connectivity index (χ1v) is 10.1. The number of hydrogen-bond acceptors (Lipinski definition) is 5. The average molecular weight is 392 g/mol. The van der Waals surface area contributed by atoms with E-state index in [-0.39, 0.29) is 11.2 Å². The molecule has 0 aliphatic rings. The van der Waals surface area contributed by atoms with E-state index >= 15 is 0 Å². The smallest absolute Gasteiger partial charge is 0.237 e. The Kier molecular flexibility index (Phi) is 5.00. The number of hydrogen-bond donors (Lipinski definition) is 1. The molecule has 0 unspecified atom stereocenters. The summed E-state index contributed by atoms with van der Waals surface area (Å²) < 4.78 is 2.13. The molecule has 0 aliphatic heterocycles. The normalized spacial score (nSPS) is 12.4. The Balaban J connectivity index is 1.58. The van der Waals surface area contributed by atoms with Crippen molar-refractivity contribution < 1.29 is 4.79 Å². The highest BCUT2D eigenvalue weighted by atomic mass is 32.2. The molecule has 2 heterocycles. The number of carbonyl (C=O) groups excluding carboxylic acids is 1. The van der Waals surface area contributed by atoms with E-state index in [9.17, 15) is 4.79 Å². The number of fused-ring (bicyclic) bond motifs is 3. The van der Waals surface area contributed by atoms with Gasteiger partial charge in [0.1, 0.15) is 5.52 Å². The number of rotatable bonds is 5. The zero-order valence-electron chi connectivity index (χ0n) is 16.0. The first-order valence-electron chi connectivity index (χ1n) is 9.22. The van der Waals surface area contributed by atoms with Gasteiger partial charge >= 0.3 is 0 Å². The summed E-state index contributed by atoms with van der Waals surface area (Å²) in [4.78, 5) is 17.2. The lowest BCUT2D eigenvalue weighted by atomic mass is 10.2. The van der Waals surface area contributed by atoms with Gasteiger partial charge < -0.3 is 9.88 Å². The summed E-state index contributed by atoms with van der Waals surface area (Å²) in [7, 11) is 0. The fourth-order valence-corrected chi connectivity index (χ4v) is 3.86. The van der Waals surface area contributed by atoms with Crippen LogP contribution >= 0.6 is 11.8 Å². The number of para-hydroxylation sites is 1. The molecule has 28 heavy (non-hydrogen) atoms. The lowest BCUT2D eigenvalue weighted by Gasteiger charge is -2.11. The fourth-order valence-electron chi connectivity index (χ4n) is 3.15. The number of amides is 1. The average Bonchev–Trinajstić information content (AvgIpc) is 3.02. The van der Waals surface area contributed by atoms with Gasteiger partial charge in [-0.2, -0.15) is 0 Å². The Morgan fingerprint density at radius 3 is 2.64 bits per heavy atom. The molecule has 4 aromatic rings. The van der Waals surface area contributed by atoms with Gasteiger partial charge in [-0.1, -0.05) is 47.7 Å². The zero-order chi connectivity index (χ0) is 19.7. The molecule has 2 aromatic carbocycles. The molecule has 1 amide bonds. The van der Waals surface area contributed by atoms with E-state index in [1.807, 2.05) is 56.3 Å². The molecule has 4 rings (SSSR count). The van der Waals surface area contributed by atoms with Gasteiger partial charge in [-0.05, 0) is 39.0 Å². The molecule has 0 spiro atoms. The highest BCUT2D eigenvalue weighted by molar-refractivity contribution is 8.00. The maximum atomic E-state index is 12.5. The van der Waals surface area contributed by atoms with Crippen molar-refractivity contribution in [3.8, 4) is 0 Å². The van der Waals surface area contributed by atoms with Crippen LogP contribution in [0.3, 0.4) is 0 Å². The van der Waals surface area contributed by atoms with E-state index in [2.05, 4.69) is 33.1 Å². The second-order valence-corrected chi connectivity index (χ2v) is 7.95. The predicted molar refractivity (Wildman–Crippen MR) is 114 cm³/mol. The summed E-state index contributed by atoms with van der Waals surface area (Å²) in [6.45, 7) is 6.73. The van der Waals surface area contributed by atoms with Gasteiger partial charge in [-0.25, -0.2) is 4.98 Å². The van der Waals surface area contributed by atoms with Gasteiger partial charge in [0.05, 0.1) is 10.8 Å². The molecule has 142 valence electrons. The minimum Gasteiger partial charge on any atom is -0.325 e. The number of benzene rings is 2. The summed E-state index contributed by atoms with van der Waals surface area (Å²) in [6, 6.07) is 15.8. The van der Waals surface area contributed by atoms with Crippen molar-refractivity contribution in [1.82, 2.24) is 19.7 Å². The molecule has 0 saturated carbocycles. The summed E-state index contributed by atoms with van der Waals surface area (Å²) in [6.07, 6.45) is 0. The molecule has 6 nitrogen and oxygen atoms in total. The molecule has 7 heteroatoms. The van der Waals surface area contributed by atoms with Crippen molar-refractivity contribution in [2.24, 2.45) is 0 Å². The molecule has 1 atom stereocenters. The SMILES string of the molecule is CCn1c2ccccc2c2nnc(S[C@@H](C)C(=O)Nc3ccc(C)cc3)nc21. The Labute approximate surface area is 167 Å². The second kappa shape index (κ2) is 7.59. The number of nitrogens with zero attached hydrogens (tertiary/aromatic N) is 4. The van der Waals surface area contributed by atoms with Crippen molar-refractivity contribution >= 4 is 45.4 Å². The van der Waals surface area contributed by atoms with Crippen LogP contribution in [-0.4, -0.2) is 30.9 Å². The minimum absolute atomic E-state index is 0.0893. The predicted octanol–water partition coefficient (Wildman–Crippen LogP) is 4.43. The van der Waals surface area contributed by atoms with Gasteiger partial charge in [-0.3, -0.25) is 4.79 Å². The summed E-state index contributed by atoms with van der Waals surface area (Å²) >= 11 is 1.31. The van der Waals surface area contributed by atoms with Gasteiger partial charge in [0, 0.05) is 17.6 Å². The monoisotopic (exact) mass is 391 g/mol. The van der Waals surface area contributed by atoms with Crippen molar-refractivity contribution in [1.29, 1.82) is 0 Å². The quantitative estimate of drug-likeness (QED) is 0.510. The number of nitrogens with one attached hydrogen (secondary N) is 1. The zero-order valence-corrected chi connectivity index (χ0v) is 16.8. The van der Waals surface area contributed by atoms with Crippen molar-refractivity contribution in [3.05, 3.63) is 54.1 Å². The van der Waals surface area contributed by atoms with Crippen LogP contribution in [0.5, 0.6) is 0 Å². The van der Waals surface area contributed by atoms with E-state index in [0.717, 1.165) is 39.9 Å². The first-order chi connectivity index (χ1) is 13.6. The molecular weight excluding hydrogens is 370 g/mol. The Morgan fingerprint density at radius 2 is 1.89 bits per heavy atom. The fraction of sp³-hybridized carbons (Fsp3) is 0.238. The topological polar surface area (TPSA) is 72.7 Å². The molecule has 0 saturated heterocycles. The number of aryl methyl sites for hydroxylation is 2. The van der Waals surface area contributed by atoms with Crippen molar-refractivity contribution in [2.45, 2.75) is 37.7 Å². The third-order valence-corrected chi connectivity index (χ3v) is 5.59. The van der Waals surface area contributed by atoms with E-state index in [1.165, 1.54) is 11.8 Å². The van der Waals surface area contributed by atoms with E-state index < -0.39 is 0 Å². The lowest BCUT2D eigenvalue weighted by molar-refractivity contribution is -0.115. The molecule has 1 N–H and O–H groups in total. The molecule has 0 aliphatic carbocycles. The summed E-state index contributed by atoms with van der Waals surface area (Å²) in [5.74, 6) is -0.0893. The number of aromatic nitrogens is 4. The second-order valence-electron chi connectivity index (χ2n) is 6.64. The van der Waals surface area contributed by atoms with Gasteiger partial charge in [0.15, 0.2) is 5.65 Å². The minimum atomic E-state index is -0.347. The van der Waals surface area contributed by atoms with Crippen LogP contribution in [0.4, 0.5) is 5.69 Å². The van der Waals surface area contributed by atoms with Crippen LogP contribution in [0.15, 0.2) is 53.7 Å². The first kappa shape index (κ1) is 18.4.